The second-order valence-corrected chi connectivity index (χ2v) is 4.02. The van der Waals surface area contributed by atoms with Gasteiger partial charge in [-0.2, -0.15) is 0 Å². The van der Waals surface area contributed by atoms with E-state index in [4.69, 9.17) is 4.74 Å². The molecule has 0 saturated heterocycles. The van der Waals surface area contributed by atoms with Gasteiger partial charge in [0, 0.05) is 0 Å². The summed E-state index contributed by atoms with van der Waals surface area (Å²) in [6, 6.07) is 8.34. The van der Waals surface area contributed by atoms with Crippen LogP contribution in [0.2, 0.25) is 0 Å². The molecule has 2 rings (SSSR count). The summed E-state index contributed by atoms with van der Waals surface area (Å²) in [5.74, 6) is 0.977. The van der Waals surface area contributed by atoms with E-state index in [9.17, 15) is 0 Å². The molecule has 80 valence electrons. The zero-order valence-electron chi connectivity index (χ0n) is 9.33. The fraction of sp³-hybridized carbons (Fsp3) is 0.429. The van der Waals surface area contributed by atoms with Crippen LogP contribution in [0.15, 0.2) is 29.8 Å². The van der Waals surface area contributed by atoms with Gasteiger partial charge in [0.2, 0.25) is 0 Å². The first-order valence-electron chi connectivity index (χ1n) is 5.81. The van der Waals surface area contributed by atoms with Gasteiger partial charge >= 0.3 is 0 Å². The van der Waals surface area contributed by atoms with Gasteiger partial charge in [-0.3, -0.25) is 0 Å². The SMILES string of the molecule is CCOc1cccc(C=C2CCCC2)c1. The molecule has 0 unspecified atom stereocenters. The summed E-state index contributed by atoms with van der Waals surface area (Å²) in [4.78, 5) is 0. The molecule has 1 nitrogen and oxygen atoms in total. The summed E-state index contributed by atoms with van der Waals surface area (Å²) in [6.45, 7) is 2.75. The first-order valence-corrected chi connectivity index (χ1v) is 5.81. The average molecular weight is 202 g/mol. The Bertz CT molecular complexity index is 344. The largest absolute Gasteiger partial charge is 0.494 e. The Morgan fingerprint density at radius 2 is 2.07 bits per heavy atom. The van der Waals surface area contributed by atoms with Crippen molar-refractivity contribution in [2.45, 2.75) is 32.6 Å². The Kier molecular flexibility index (Phi) is 3.44. The highest BCUT2D eigenvalue weighted by atomic mass is 16.5. The van der Waals surface area contributed by atoms with Crippen LogP contribution in [0.4, 0.5) is 0 Å². The van der Waals surface area contributed by atoms with Crippen LogP contribution in [0.1, 0.15) is 38.2 Å². The summed E-state index contributed by atoms with van der Waals surface area (Å²) in [6.07, 6.45) is 7.58. The molecule has 0 aromatic heterocycles. The summed E-state index contributed by atoms with van der Waals surface area (Å²) >= 11 is 0. The molecule has 15 heavy (non-hydrogen) atoms. The number of rotatable bonds is 3. The molecule has 0 amide bonds. The quantitative estimate of drug-likeness (QED) is 0.718. The molecule has 1 fully saturated rings. The van der Waals surface area contributed by atoms with Crippen molar-refractivity contribution in [1.82, 2.24) is 0 Å². The minimum absolute atomic E-state index is 0.736. The van der Waals surface area contributed by atoms with E-state index >= 15 is 0 Å². The maximum atomic E-state index is 5.48. The maximum Gasteiger partial charge on any atom is 0.119 e. The van der Waals surface area contributed by atoms with Crippen molar-refractivity contribution in [2.24, 2.45) is 0 Å². The van der Waals surface area contributed by atoms with E-state index < -0.39 is 0 Å². The number of hydrogen-bond donors (Lipinski definition) is 0. The van der Waals surface area contributed by atoms with Crippen LogP contribution < -0.4 is 4.74 Å². The monoisotopic (exact) mass is 202 g/mol. The van der Waals surface area contributed by atoms with Crippen LogP contribution in [0, 0.1) is 0 Å². The van der Waals surface area contributed by atoms with Gasteiger partial charge in [-0.1, -0.05) is 23.8 Å². The lowest BCUT2D eigenvalue weighted by Crippen LogP contribution is -1.91. The van der Waals surface area contributed by atoms with Crippen molar-refractivity contribution in [3.8, 4) is 5.75 Å². The van der Waals surface area contributed by atoms with E-state index in [-0.39, 0.29) is 0 Å². The second-order valence-electron chi connectivity index (χ2n) is 4.02. The van der Waals surface area contributed by atoms with Gasteiger partial charge in [-0.25, -0.2) is 0 Å². The standard InChI is InChI=1S/C14H18O/c1-2-15-14-9-5-8-13(11-14)10-12-6-3-4-7-12/h5,8-11H,2-4,6-7H2,1H3. The second kappa shape index (κ2) is 5.01. The number of allylic oxidation sites excluding steroid dienone is 1. The van der Waals surface area contributed by atoms with Crippen LogP contribution in [-0.2, 0) is 0 Å². The number of ether oxygens (including phenoxy) is 1. The van der Waals surface area contributed by atoms with E-state index in [2.05, 4.69) is 24.3 Å². The third-order valence-electron chi connectivity index (χ3n) is 2.79. The summed E-state index contributed by atoms with van der Waals surface area (Å²) in [5.41, 5.74) is 2.86. The highest BCUT2D eigenvalue weighted by Crippen LogP contribution is 2.26. The molecule has 0 bridgehead atoms. The summed E-state index contributed by atoms with van der Waals surface area (Å²) in [5, 5.41) is 0. The highest BCUT2D eigenvalue weighted by molar-refractivity contribution is 5.55. The predicted molar refractivity (Wildman–Crippen MR) is 64.1 cm³/mol. The maximum absolute atomic E-state index is 5.48. The average Bonchev–Trinajstić information content (AvgIpc) is 2.71. The van der Waals surface area contributed by atoms with Crippen LogP contribution in [0.25, 0.3) is 6.08 Å². The first kappa shape index (κ1) is 10.3. The number of benzene rings is 1. The molecule has 1 saturated carbocycles. The van der Waals surface area contributed by atoms with Gasteiger partial charge in [-0.05, 0) is 50.3 Å². The van der Waals surface area contributed by atoms with Crippen molar-refractivity contribution < 1.29 is 4.74 Å². The fourth-order valence-corrected chi connectivity index (χ4v) is 2.07. The first-order chi connectivity index (χ1) is 7.38. The Labute approximate surface area is 91.8 Å². The Morgan fingerprint density at radius 1 is 1.27 bits per heavy atom. The van der Waals surface area contributed by atoms with Crippen molar-refractivity contribution in [2.75, 3.05) is 6.61 Å². The third-order valence-corrected chi connectivity index (χ3v) is 2.79. The third kappa shape index (κ3) is 2.85. The molecule has 0 aliphatic heterocycles. The Balaban J connectivity index is 2.13. The summed E-state index contributed by atoms with van der Waals surface area (Å²) < 4.78 is 5.48. The van der Waals surface area contributed by atoms with E-state index in [1.807, 2.05) is 13.0 Å². The lowest BCUT2D eigenvalue weighted by Gasteiger charge is -2.04. The van der Waals surface area contributed by atoms with E-state index in [0.717, 1.165) is 12.4 Å². The molecule has 0 radical (unpaired) electrons. The molecule has 1 heteroatoms. The molecular weight excluding hydrogens is 184 g/mol. The fourth-order valence-electron chi connectivity index (χ4n) is 2.07. The Morgan fingerprint density at radius 3 is 2.80 bits per heavy atom. The van der Waals surface area contributed by atoms with Crippen LogP contribution >= 0.6 is 0 Å². The molecule has 1 aromatic carbocycles. The Hall–Kier alpha value is -1.24. The van der Waals surface area contributed by atoms with Crippen LogP contribution in [0.3, 0.4) is 0 Å². The minimum Gasteiger partial charge on any atom is -0.494 e. The van der Waals surface area contributed by atoms with Crippen molar-refractivity contribution in [3.05, 3.63) is 35.4 Å². The van der Waals surface area contributed by atoms with E-state index in [1.54, 1.807) is 5.57 Å². The van der Waals surface area contributed by atoms with Gasteiger partial charge in [0.25, 0.3) is 0 Å². The molecule has 0 heterocycles. The zero-order valence-corrected chi connectivity index (χ0v) is 9.33. The smallest absolute Gasteiger partial charge is 0.119 e. The van der Waals surface area contributed by atoms with Crippen molar-refractivity contribution in [1.29, 1.82) is 0 Å². The summed E-state index contributed by atoms with van der Waals surface area (Å²) in [7, 11) is 0. The molecule has 0 spiro atoms. The molecule has 0 N–H and O–H groups in total. The van der Waals surface area contributed by atoms with Crippen molar-refractivity contribution >= 4 is 6.08 Å². The zero-order chi connectivity index (χ0) is 10.5. The van der Waals surface area contributed by atoms with Gasteiger partial charge < -0.3 is 4.74 Å². The van der Waals surface area contributed by atoms with Gasteiger partial charge in [0.1, 0.15) is 5.75 Å². The molecular formula is C14H18O. The van der Waals surface area contributed by atoms with E-state index in [1.165, 1.54) is 31.2 Å². The van der Waals surface area contributed by atoms with Crippen molar-refractivity contribution in [3.63, 3.8) is 0 Å². The minimum atomic E-state index is 0.736. The lowest BCUT2D eigenvalue weighted by atomic mass is 10.1. The highest BCUT2D eigenvalue weighted by Gasteiger charge is 2.06. The normalized spacial score (nSPS) is 15.4. The van der Waals surface area contributed by atoms with E-state index in [0.29, 0.717) is 0 Å². The van der Waals surface area contributed by atoms with Gasteiger partial charge in [0.05, 0.1) is 6.61 Å². The molecule has 1 aliphatic carbocycles. The predicted octanol–water partition coefficient (Wildman–Crippen LogP) is 4.04. The topological polar surface area (TPSA) is 9.23 Å². The lowest BCUT2D eigenvalue weighted by molar-refractivity contribution is 0.340. The molecule has 0 atom stereocenters. The van der Waals surface area contributed by atoms with Crippen LogP contribution in [0.5, 0.6) is 5.75 Å². The van der Waals surface area contributed by atoms with Gasteiger partial charge in [0.15, 0.2) is 0 Å². The van der Waals surface area contributed by atoms with Gasteiger partial charge in [-0.15, -0.1) is 0 Å². The molecule has 1 aliphatic rings. The molecule has 1 aromatic rings. The number of hydrogen-bond acceptors (Lipinski definition) is 1. The van der Waals surface area contributed by atoms with Crippen LogP contribution in [-0.4, -0.2) is 6.61 Å².